The van der Waals surface area contributed by atoms with E-state index < -0.39 is 6.04 Å². The van der Waals surface area contributed by atoms with Crippen molar-refractivity contribution in [2.45, 2.75) is 107 Å². The average molecular weight is 954 g/mol. The van der Waals surface area contributed by atoms with Crippen LogP contribution in [-0.4, -0.2) is 195 Å². The lowest BCUT2D eigenvalue weighted by Gasteiger charge is -2.19. The van der Waals surface area contributed by atoms with E-state index in [0.29, 0.717) is 132 Å². The Bertz CT molecular complexity index is 1070. The van der Waals surface area contributed by atoms with E-state index in [1.54, 1.807) is 0 Å². The van der Waals surface area contributed by atoms with E-state index in [1.807, 2.05) is 0 Å². The molecule has 0 aromatic carbocycles. The molecule has 0 heterocycles. The molecule has 0 saturated heterocycles. The van der Waals surface area contributed by atoms with E-state index in [1.165, 1.54) is 0 Å². The zero-order valence-electron chi connectivity index (χ0n) is 42.8. The van der Waals surface area contributed by atoms with Crippen LogP contribution in [0.1, 0.15) is 101 Å². The van der Waals surface area contributed by atoms with Crippen molar-refractivity contribution in [1.29, 1.82) is 0 Å². The van der Waals surface area contributed by atoms with Gasteiger partial charge < -0.3 is 72.8 Å². The van der Waals surface area contributed by atoms with Gasteiger partial charge in [-0.25, -0.2) is 0 Å². The summed E-state index contributed by atoms with van der Waals surface area (Å²) in [5.74, 6) is -0.602. The fourth-order valence-corrected chi connectivity index (χ4v) is 5.06. The Morgan fingerprint density at radius 1 is 0.318 bits per heavy atom. The van der Waals surface area contributed by atoms with E-state index in [9.17, 15) is 14.4 Å². The van der Waals surface area contributed by atoms with Gasteiger partial charge in [-0.05, 0) is 35.5 Å². The van der Waals surface area contributed by atoms with Crippen LogP contribution in [0.15, 0.2) is 0 Å². The number of carbonyl (C=O) groups excluding carboxylic acids is 3. The Kier molecular flexibility index (Phi) is 41.6. The Balaban J connectivity index is 4.32. The Hall–Kier alpha value is -2.07. The lowest BCUT2D eigenvalue weighted by molar-refractivity contribution is -0.126. The third-order valence-corrected chi connectivity index (χ3v) is 9.15. The van der Waals surface area contributed by atoms with Crippen LogP contribution in [0.25, 0.3) is 0 Å². The highest BCUT2D eigenvalue weighted by atomic mass is 16.6. The van der Waals surface area contributed by atoms with Crippen molar-refractivity contribution in [3.8, 4) is 0 Å². The van der Waals surface area contributed by atoms with Gasteiger partial charge in [-0.1, -0.05) is 62.3 Å². The molecule has 0 saturated carbocycles. The minimum atomic E-state index is -0.507. The average Bonchev–Trinajstić information content (AvgIpc) is 3.23. The summed E-state index contributed by atoms with van der Waals surface area (Å²) in [7, 11) is 0. The maximum atomic E-state index is 12.8. The molecular weight excluding hydrogens is 859 g/mol. The monoisotopic (exact) mass is 954 g/mol. The first kappa shape index (κ1) is 63.9. The molecule has 3 N–H and O–H groups in total. The molecule has 3 amide bonds. The molecule has 0 unspecified atom stereocenters. The molecule has 0 rings (SSSR count). The van der Waals surface area contributed by atoms with E-state index in [0.717, 1.165) is 25.9 Å². The minimum absolute atomic E-state index is 0.112. The van der Waals surface area contributed by atoms with Gasteiger partial charge in [-0.2, -0.15) is 0 Å². The zero-order chi connectivity index (χ0) is 49.0. The third kappa shape index (κ3) is 52.9. The summed E-state index contributed by atoms with van der Waals surface area (Å²) in [5.41, 5.74) is 0.760. The van der Waals surface area contributed by atoms with Gasteiger partial charge in [0.1, 0.15) is 0 Å². The zero-order valence-corrected chi connectivity index (χ0v) is 42.8. The Morgan fingerprint density at radius 3 is 0.864 bits per heavy atom. The van der Waals surface area contributed by atoms with Gasteiger partial charge >= 0.3 is 0 Å². The van der Waals surface area contributed by atoms with Crippen LogP contribution in [-0.2, 0) is 71.2 Å². The van der Waals surface area contributed by atoms with Crippen molar-refractivity contribution in [3.63, 3.8) is 0 Å². The summed E-state index contributed by atoms with van der Waals surface area (Å²) in [6.07, 6.45) is 3.40. The molecule has 0 spiro atoms. The minimum Gasteiger partial charge on any atom is -0.379 e. The van der Waals surface area contributed by atoms with E-state index >= 15 is 0 Å². The van der Waals surface area contributed by atoms with Crippen LogP contribution in [0.5, 0.6) is 0 Å². The molecule has 0 aliphatic rings. The van der Waals surface area contributed by atoms with Gasteiger partial charge in [0.25, 0.3) is 0 Å². The summed E-state index contributed by atoms with van der Waals surface area (Å²) in [5, 5.41) is 8.52. The highest BCUT2D eigenvalue weighted by Crippen LogP contribution is 2.19. The van der Waals surface area contributed by atoms with E-state index in [4.69, 9.17) is 56.8 Å². The smallest absolute Gasteiger partial charge is 0.222 e. The molecule has 0 aromatic heterocycles. The first-order chi connectivity index (χ1) is 31.5. The number of nitrogens with one attached hydrogen (secondary N) is 3. The predicted octanol–water partition coefficient (Wildman–Crippen LogP) is 4.38. The van der Waals surface area contributed by atoms with Crippen LogP contribution >= 0.6 is 0 Å². The summed E-state index contributed by atoms with van der Waals surface area (Å²) >= 11 is 0. The second-order valence-electron chi connectivity index (χ2n) is 19.4. The van der Waals surface area contributed by atoms with Crippen LogP contribution in [0.2, 0.25) is 0 Å². The highest BCUT2D eigenvalue weighted by molar-refractivity contribution is 5.77. The fourth-order valence-electron chi connectivity index (χ4n) is 5.06. The number of amides is 3. The maximum absolute atomic E-state index is 12.8. The number of carbonyl (C=O) groups is 3. The van der Waals surface area contributed by atoms with Gasteiger partial charge in [0.15, 0.2) is 0 Å². The standard InChI is InChI=1S/C48H95N3O15/c1-46(2,3)13-21-56-27-33-62-36-30-59-24-16-49-43(52)10-19-65-40-42(51-45(54)12-18-55-26-32-61-38-39-64-35-29-58-23-15-48(7,8)9)41-66-20-11-44(53)50-17-25-60-31-37-63-34-28-57-22-14-47(4,5)6/h42H,10-41H2,1-9H3,(H,49,52)(H,50,53)(H,51,54). The van der Waals surface area contributed by atoms with Crippen molar-refractivity contribution >= 4 is 17.7 Å². The lowest BCUT2D eigenvalue weighted by Crippen LogP contribution is -2.42. The molecule has 0 atom stereocenters. The Morgan fingerprint density at radius 2 is 0.561 bits per heavy atom. The van der Waals surface area contributed by atoms with Crippen molar-refractivity contribution in [2.24, 2.45) is 16.2 Å². The SMILES string of the molecule is CC(C)(C)CCOCCOCCOCCNC(=O)CCOCC(COCCC(=O)NCCOCCOCCOCCC(C)(C)C)NC(=O)CCOCCOCCOCCOCCC(C)(C)C. The normalized spacial score (nSPS) is 12.3. The van der Waals surface area contributed by atoms with Crippen molar-refractivity contribution in [1.82, 2.24) is 16.0 Å². The quantitative estimate of drug-likeness (QED) is 0.0727. The molecule has 18 heteroatoms. The van der Waals surface area contributed by atoms with Crippen molar-refractivity contribution in [3.05, 3.63) is 0 Å². The lowest BCUT2D eigenvalue weighted by atomic mass is 9.93. The third-order valence-electron chi connectivity index (χ3n) is 9.15. The second-order valence-corrected chi connectivity index (χ2v) is 19.4. The molecule has 0 bridgehead atoms. The highest BCUT2D eigenvalue weighted by Gasteiger charge is 2.15. The molecule has 66 heavy (non-hydrogen) atoms. The van der Waals surface area contributed by atoms with Crippen LogP contribution < -0.4 is 16.0 Å². The van der Waals surface area contributed by atoms with Crippen LogP contribution in [0.3, 0.4) is 0 Å². The predicted molar refractivity (Wildman–Crippen MR) is 254 cm³/mol. The van der Waals surface area contributed by atoms with Crippen molar-refractivity contribution in [2.75, 3.05) is 172 Å². The second kappa shape index (κ2) is 43.0. The van der Waals surface area contributed by atoms with Crippen molar-refractivity contribution < 1.29 is 71.2 Å². The maximum Gasteiger partial charge on any atom is 0.222 e. The summed E-state index contributed by atoms with van der Waals surface area (Å²) in [4.78, 5) is 37.5. The molecular formula is C48H95N3O15. The number of rotatable bonds is 47. The molecule has 0 aliphatic carbocycles. The topological polar surface area (TPSA) is 198 Å². The summed E-state index contributed by atoms with van der Waals surface area (Å²) in [6.45, 7) is 30.6. The number of hydrogen-bond donors (Lipinski definition) is 3. The molecule has 18 nitrogen and oxygen atoms in total. The van der Waals surface area contributed by atoms with E-state index in [-0.39, 0.29) is 86.3 Å². The number of ether oxygens (including phenoxy) is 12. The first-order valence-corrected chi connectivity index (χ1v) is 24.2. The first-order valence-electron chi connectivity index (χ1n) is 24.2. The van der Waals surface area contributed by atoms with Gasteiger partial charge in [0.2, 0.25) is 17.7 Å². The summed E-state index contributed by atoms with van der Waals surface area (Å²) in [6, 6.07) is -0.507. The van der Waals surface area contributed by atoms with Gasteiger partial charge in [0, 0.05) is 52.2 Å². The Labute approximate surface area is 398 Å². The molecule has 0 radical (unpaired) electrons. The number of hydrogen-bond acceptors (Lipinski definition) is 15. The largest absolute Gasteiger partial charge is 0.379 e. The fraction of sp³-hybridized carbons (Fsp3) is 0.938. The molecule has 0 aromatic rings. The van der Waals surface area contributed by atoms with Gasteiger partial charge in [-0.3, -0.25) is 14.4 Å². The van der Waals surface area contributed by atoms with Crippen LogP contribution in [0, 0.1) is 16.2 Å². The summed E-state index contributed by atoms with van der Waals surface area (Å²) < 4.78 is 67.0. The molecule has 392 valence electrons. The van der Waals surface area contributed by atoms with Gasteiger partial charge in [-0.15, -0.1) is 0 Å². The molecule has 0 fully saturated rings. The van der Waals surface area contributed by atoms with Gasteiger partial charge in [0.05, 0.1) is 145 Å². The van der Waals surface area contributed by atoms with E-state index in [2.05, 4.69) is 78.3 Å². The molecule has 0 aliphatic heterocycles. The van der Waals surface area contributed by atoms with Crippen LogP contribution in [0.4, 0.5) is 0 Å².